The molecule has 4 atom stereocenters. The summed E-state index contributed by atoms with van der Waals surface area (Å²) in [6.07, 6.45) is 3.82. The highest BCUT2D eigenvalue weighted by Gasteiger charge is 2.32. The Morgan fingerprint density at radius 2 is 1.62 bits per heavy atom. The van der Waals surface area contributed by atoms with Crippen LogP contribution in [0.2, 0.25) is 0 Å². The second kappa shape index (κ2) is 13.4. The number of hydrogen-bond donors (Lipinski definition) is 8. The van der Waals surface area contributed by atoms with Crippen LogP contribution in [0, 0.1) is 5.92 Å². The van der Waals surface area contributed by atoms with E-state index in [2.05, 4.69) is 30.9 Å². The lowest BCUT2D eigenvalue weighted by Gasteiger charge is -2.26. The number of rotatable bonds is 14. The minimum atomic E-state index is -1.71. The maximum absolute atomic E-state index is 13.3. The van der Waals surface area contributed by atoms with E-state index in [0.717, 1.165) is 16.5 Å². The van der Waals surface area contributed by atoms with E-state index in [9.17, 15) is 29.1 Å². The van der Waals surface area contributed by atoms with Crippen LogP contribution in [-0.2, 0) is 36.8 Å². The van der Waals surface area contributed by atoms with Crippen LogP contribution in [0.15, 0.2) is 43.0 Å². The summed E-state index contributed by atoms with van der Waals surface area (Å²) in [5.74, 6) is -5.55. The van der Waals surface area contributed by atoms with Gasteiger partial charge in [-0.3, -0.25) is 19.2 Å². The standard InChI is InChI=1S/C26H33N7O7/c1-13(2)22(33-23(36)17(27)7-14-10-29-18-6-4-3-5-16(14)18)25(38)31-19(8-15-11-28-12-30-15)24(37)32-20(26(39)40)9-21(34)35/h3-6,10-13,17,19-20,22,29H,7-9,27H2,1-2H3,(H,28,30)(H,31,38)(H,32,37)(H,33,36)(H,34,35)(H,39,40). The lowest BCUT2D eigenvalue weighted by Crippen LogP contribution is -2.59. The van der Waals surface area contributed by atoms with Gasteiger partial charge in [0.15, 0.2) is 0 Å². The number of para-hydroxylation sites is 1. The lowest BCUT2D eigenvalue weighted by molar-refractivity contribution is -0.147. The molecule has 214 valence electrons. The van der Waals surface area contributed by atoms with Gasteiger partial charge >= 0.3 is 11.9 Å². The summed E-state index contributed by atoms with van der Waals surface area (Å²) in [6.45, 7) is 3.40. The van der Waals surface area contributed by atoms with Crippen molar-refractivity contribution in [3.8, 4) is 0 Å². The number of aromatic nitrogens is 3. The Labute approximate surface area is 229 Å². The zero-order valence-electron chi connectivity index (χ0n) is 22.0. The first-order valence-electron chi connectivity index (χ1n) is 12.6. The van der Waals surface area contributed by atoms with Crippen molar-refractivity contribution in [2.45, 2.75) is 57.3 Å². The number of carbonyl (C=O) groups is 5. The van der Waals surface area contributed by atoms with Crippen LogP contribution >= 0.6 is 0 Å². The molecule has 0 spiro atoms. The zero-order valence-corrected chi connectivity index (χ0v) is 22.0. The number of carbonyl (C=O) groups excluding carboxylic acids is 3. The van der Waals surface area contributed by atoms with Gasteiger partial charge in [0.05, 0.1) is 18.8 Å². The third-order valence-electron chi connectivity index (χ3n) is 6.30. The Bertz CT molecular complexity index is 1350. The Balaban J connectivity index is 1.71. The molecule has 40 heavy (non-hydrogen) atoms. The second-order valence-electron chi connectivity index (χ2n) is 9.74. The molecular weight excluding hydrogens is 522 g/mol. The monoisotopic (exact) mass is 555 g/mol. The number of nitrogens with one attached hydrogen (secondary N) is 5. The zero-order chi connectivity index (χ0) is 29.4. The molecule has 0 radical (unpaired) electrons. The van der Waals surface area contributed by atoms with Crippen molar-refractivity contribution in [2.24, 2.45) is 11.7 Å². The van der Waals surface area contributed by atoms with Gasteiger partial charge in [-0.1, -0.05) is 32.0 Å². The molecule has 1 aromatic carbocycles. The van der Waals surface area contributed by atoms with Gasteiger partial charge in [-0.15, -0.1) is 0 Å². The van der Waals surface area contributed by atoms with E-state index in [1.54, 1.807) is 20.0 Å². The number of nitrogens with two attached hydrogens (primary N) is 1. The summed E-state index contributed by atoms with van der Waals surface area (Å²) in [5, 5.41) is 26.6. The molecule has 3 aromatic rings. The number of benzene rings is 1. The Morgan fingerprint density at radius 3 is 2.25 bits per heavy atom. The van der Waals surface area contributed by atoms with Gasteiger partial charge in [-0.05, 0) is 24.0 Å². The van der Waals surface area contributed by atoms with Crippen molar-refractivity contribution in [2.75, 3.05) is 0 Å². The van der Waals surface area contributed by atoms with Crippen molar-refractivity contribution in [1.82, 2.24) is 30.9 Å². The average Bonchev–Trinajstić information content (AvgIpc) is 3.55. The predicted molar refractivity (Wildman–Crippen MR) is 143 cm³/mol. The van der Waals surface area contributed by atoms with E-state index in [1.165, 1.54) is 12.5 Å². The fraction of sp³-hybridized carbons (Fsp3) is 0.385. The Morgan fingerprint density at radius 1 is 0.925 bits per heavy atom. The number of amides is 3. The number of H-pyrrole nitrogens is 2. The van der Waals surface area contributed by atoms with Gasteiger partial charge in [0.2, 0.25) is 17.7 Å². The third-order valence-corrected chi connectivity index (χ3v) is 6.30. The number of fused-ring (bicyclic) bond motifs is 1. The molecule has 2 heterocycles. The Hall–Kier alpha value is -4.72. The number of aliphatic carboxylic acids is 2. The number of hydrogen-bond acceptors (Lipinski definition) is 7. The molecule has 3 rings (SSSR count). The maximum atomic E-state index is 13.3. The van der Waals surface area contributed by atoms with Gasteiger partial charge in [0.1, 0.15) is 18.1 Å². The molecular formula is C26H33N7O7. The summed E-state index contributed by atoms with van der Waals surface area (Å²) in [4.78, 5) is 71.5. The second-order valence-corrected chi connectivity index (χ2v) is 9.74. The third kappa shape index (κ3) is 7.89. The van der Waals surface area contributed by atoms with E-state index in [1.807, 2.05) is 24.3 Å². The van der Waals surface area contributed by atoms with Crippen molar-refractivity contribution < 1.29 is 34.2 Å². The molecule has 3 amide bonds. The minimum Gasteiger partial charge on any atom is -0.481 e. The van der Waals surface area contributed by atoms with Gasteiger partial charge in [0, 0.05) is 35.4 Å². The van der Waals surface area contributed by atoms with Crippen LogP contribution in [0.3, 0.4) is 0 Å². The fourth-order valence-electron chi connectivity index (χ4n) is 4.16. The molecule has 0 fully saturated rings. The molecule has 14 nitrogen and oxygen atoms in total. The van der Waals surface area contributed by atoms with Gasteiger partial charge in [-0.2, -0.15) is 0 Å². The number of aromatic amines is 2. The first-order chi connectivity index (χ1) is 19.0. The highest BCUT2D eigenvalue weighted by molar-refractivity contribution is 5.95. The van der Waals surface area contributed by atoms with Gasteiger partial charge in [0.25, 0.3) is 0 Å². The van der Waals surface area contributed by atoms with E-state index in [0.29, 0.717) is 5.69 Å². The number of carboxylic acids is 2. The van der Waals surface area contributed by atoms with Crippen molar-refractivity contribution in [3.63, 3.8) is 0 Å². The molecule has 0 saturated heterocycles. The van der Waals surface area contributed by atoms with Crippen LogP contribution in [0.25, 0.3) is 10.9 Å². The molecule has 0 saturated carbocycles. The molecule has 0 aliphatic heterocycles. The van der Waals surface area contributed by atoms with E-state index in [4.69, 9.17) is 10.8 Å². The van der Waals surface area contributed by atoms with Crippen LogP contribution < -0.4 is 21.7 Å². The molecule has 9 N–H and O–H groups in total. The van der Waals surface area contributed by atoms with Gasteiger partial charge < -0.3 is 41.9 Å². The number of carboxylic acid groups (broad SMARTS) is 2. The van der Waals surface area contributed by atoms with E-state index >= 15 is 0 Å². The maximum Gasteiger partial charge on any atom is 0.326 e. The summed E-state index contributed by atoms with van der Waals surface area (Å²) in [6, 6.07) is 2.51. The van der Waals surface area contributed by atoms with E-state index in [-0.39, 0.29) is 12.8 Å². The first kappa shape index (κ1) is 29.8. The highest BCUT2D eigenvalue weighted by atomic mass is 16.4. The highest BCUT2D eigenvalue weighted by Crippen LogP contribution is 2.19. The quantitative estimate of drug-likeness (QED) is 0.130. The summed E-state index contributed by atoms with van der Waals surface area (Å²) >= 11 is 0. The first-order valence-corrected chi connectivity index (χ1v) is 12.6. The topological polar surface area (TPSA) is 232 Å². The van der Waals surface area contributed by atoms with Crippen molar-refractivity contribution in [3.05, 3.63) is 54.2 Å². The average molecular weight is 556 g/mol. The van der Waals surface area contributed by atoms with Crippen LogP contribution in [0.4, 0.5) is 0 Å². The van der Waals surface area contributed by atoms with Crippen molar-refractivity contribution in [1.29, 1.82) is 0 Å². The van der Waals surface area contributed by atoms with Crippen LogP contribution in [0.1, 0.15) is 31.5 Å². The lowest BCUT2D eigenvalue weighted by atomic mass is 10.00. The summed E-state index contributed by atoms with van der Waals surface area (Å²) < 4.78 is 0. The molecule has 0 aliphatic carbocycles. The van der Waals surface area contributed by atoms with E-state index < -0.39 is 66.2 Å². The smallest absolute Gasteiger partial charge is 0.326 e. The fourth-order valence-corrected chi connectivity index (χ4v) is 4.16. The molecule has 14 heteroatoms. The van der Waals surface area contributed by atoms with Gasteiger partial charge in [-0.25, -0.2) is 9.78 Å². The molecule has 4 unspecified atom stereocenters. The summed E-state index contributed by atoms with van der Waals surface area (Å²) in [7, 11) is 0. The van der Waals surface area contributed by atoms with Crippen molar-refractivity contribution >= 4 is 40.6 Å². The molecule has 0 bridgehead atoms. The normalized spacial score (nSPS) is 14.2. The molecule has 0 aliphatic rings. The number of imidazole rings is 1. The molecule has 2 aromatic heterocycles. The largest absolute Gasteiger partial charge is 0.481 e. The summed E-state index contributed by atoms with van der Waals surface area (Å²) in [5.41, 5.74) is 8.37. The predicted octanol–water partition coefficient (Wildman–Crippen LogP) is -0.327. The number of nitrogens with zero attached hydrogens (tertiary/aromatic N) is 1. The van der Waals surface area contributed by atoms with Crippen LogP contribution in [-0.4, -0.2) is 79.0 Å². The Kier molecular flexibility index (Phi) is 9.97. The van der Waals surface area contributed by atoms with Crippen LogP contribution in [0.5, 0.6) is 0 Å². The SMILES string of the molecule is CC(C)C(NC(=O)C(N)Cc1c[nH]c2ccccc12)C(=O)NC(Cc1cnc[nH]1)C(=O)NC(CC(=O)O)C(=O)O. The minimum absolute atomic E-state index is 0.101.